The van der Waals surface area contributed by atoms with Gasteiger partial charge in [-0.2, -0.15) is 0 Å². The van der Waals surface area contributed by atoms with E-state index in [4.69, 9.17) is 9.47 Å². The first kappa shape index (κ1) is 15.8. The van der Waals surface area contributed by atoms with Crippen LogP contribution in [0.5, 0.6) is 5.75 Å². The van der Waals surface area contributed by atoms with Crippen LogP contribution in [0.3, 0.4) is 0 Å². The van der Waals surface area contributed by atoms with Gasteiger partial charge in [0.25, 0.3) is 0 Å². The number of hydrogen-bond donors (Lipinski definition) is 0. The highest BCUT2D eigenvalue weighted by molar-refractivity contribution is 6.09. The third kappa shape index (κ3) is 2.12. The number of methoxy groups -OCH3 is 2. The maximum Gasteiger partial charge on any atom is 0.315 e. The van der Waals surface area contributed by atoms with Crippen LogP contribution in [0.2, 0.25) is 0 Å². The fourth-order valence-electron chi connectivity index (χ4n) is 4.24. The molecule has 0 saturated heterocycles. The second kappa shape index (κ2) is 5.22. The Bertz CT molecular complexity index is 718. The molecule has 0 aliphatic heterocycles. The van der Waals surface area contributed by atoms with Crippen LogP contribution < -0.4 is 4.74 Å². The Hall–Kier alpha value is -2.10. The lowest BCUT2D eigenvalue weighted by atomic mass is 9.54. The predicted molar refractivity (Wildman–Crippen MR) is 86.7 cm³/mol. The van der Waals surface area contributed by atoms with Crippen LogP contribution in [0.25, 0.3) is 0 Å². The van der Waals surface area contributed by atoms with Crippen molar-refractivity contribution >= 4 is 11.8 Å². The molecule has 0 aromatic heterocycles. The van der Waals surface area contributed by atoms with E-state index in [0.717, 1.165) is 29.7 Å². The third-order valence-electron chi connectivity index (χ3n) is 5.54. The van der Waals surface area contributed by atoms with Gasteiger partial charge in [-0.3, -0.25) is 9.59 Å². The predicted octanol–water partition coefficient (Wildman–Crippen LogP) is 3.44. The molecule has 2 aliphatic rings. The van der Waals surface area contributed by atoms with E-state index in [-0.39, 0.29) is 17.2 Å². The first-order valence-corrected chi connectivity index (χ1v) is 7.91. The van der Waals surface area contributed by atoms with Gasteiger partial charge in [0.2, 0.25) is 0 Å². The zero-order valence-corrected chi connectivity index (χ0v) is 14.1. The smallest absolute Gasteiger partial charge is 0.315 e. The largest absolute Gasteiger partial charge is 0.497 e. The number of hydrogen-bond acceptors (Lipinski definition) is 4. The molecule has 0 amide bonds. The molecule has 3 rings (SSSR count). The summed E-state index contributed by atoms with van der Waals surface area (Å²) in [4.78, 5) is 25.0. The quantitative estimate of drug-likeness (QED) is 0.785. The number of ether oxygens (including phenoxy) is 2. The highest BCUT2D eigenvalue weighted by Gasteiger charge is 2.52. The molecule has 0 spiro atoms. The highest BCUT2D eigenvalue weighted by Crippen LogP contribution is 2.55. The maximum absolute atomic E-state index is 12.6. The summed E-state index contributed by atoms with van der Waals surface area (Å²) in [6, 6.07) is 5.56. The van der Waals surface area contributed by atoms with Gasteiger partial charge < -0.3 is 9.47 Å². The van der Waals surface area contributed by atoms with Crippen LogP contribution in [-0.4, -0.2) is 26.0 Å². The summed E-state index contributed by atoms with van der Waals surface area (Å²) < 4.78 is 10.4. The van der Waals surface area contributed by atoms with Crippen molar-refractivity contribution in [2.75, 3.05) is 14.2 Å². The van der Waals surface area contributed by atoms with E-state index >= 15 is 0 Å². The molecular weight excluding hydrogens is 292 g/mol. The Balaban J connectivity index is 2.22. The number of rotatable bonds is 2. The number of carbonyl (C=O) groups is 2. The number of fused-ring (bicyclic) bond motifs is 3. The lowest BCUT2D eigenvalue weighted by Gasteiger charge is -2.48. The summed E-state index contributed by atoms with van der Waals surface area (Å²) in [7, 11) is 3.02. The molecule has 1 aromatic rings. The van der Waals surface area contributed by atoms with Crippen molar-refractivity contribution < 1.29 is 19.1 Å². The molecule has 1 aromatic carbocycles. The molecule has 2 atom stereocenters. The van der Waals surface area contributed by atoms with E-state index in [1.54, 1.807) is 19.3 Å². The molecule has 1 saturated carbocycles. The van der Waals surface area contributed by atoms with E-state index in [1.165, 1.54) is 7.11 Å². The van der Waals surface area contributed by atoms with Crippen LogP contribution in [0, 0.1) is 5.41 Å². The van der Waals surface area contributed by atoms with E-state index < -0.39 is 5.41 Å². The summed E-state index contributed by atoms with van der Waals surface area (Å²) in [5, 5.41) is 0. The van der Waals surface area contributed by atoms with Gasteiger partial charge in [0, 0.05) is 11.0 Å². The molecule has 23 heavy (non-hydrogen) atoms. The van der Waals surface area contributed by atoms with E-state index in [2.05, 4.69) is 6.92 Å². The van der Waals surface area contributed by atoms with Crippen molar-refractivity contribution in [3.05, 3.63) is 41.0 Å². The molecule has 4 heteroatoms. The number of allylic oxidation sites excluding steroid dienone is 1. The fraction of sp³-hybridized carbons (Fsp3) is 0.474. The average molecular weight is 314 g/mol. The SMILES string of the molecule is COC(=O)[C@@]1(C)CCC[C@@]2(C)C1=CC(=O)c1ccc(OC)cc12. The average Bonchev–Trinajstić information content (AvgIpc) is 2.56. The fourth-order valence-corrected chi connectivity index (χ4v) is 4.24. The summed E-state index contributed by atoms with van der Waals surface area (Å²) in [6.07, 6.45) is 4.17. The molecular formula is C19H22O4. The molecule has 0 N–H and O–H groups in total. The van der Waals surface area contributed by atoms with Gasteiger partial charge in [0.05, 0.1) is 19.6 Å². The Morgan fingerprint density at radius 1 is 1.17 bits per heavy atom. The van der Waals surface area contributed by atoms with Crippen LogP contribution in [0.15, 0.2) is 29.8 Å². The van der Waals surface area contributed by atoms with E-state index in [0.29, 0.717) is 12.0 Å². The molecule has 0 bridgehead atoms. The minimum atomic E-state index is -0.752. The Morgan fingerprint density at radius 2 is 1.91 bits per heavy atom. The first-order valence-electron chi connectivity index (χ1n) is 7.91. The van der Waals surface area contributed by atoms with Crippen LogP contribution in [0.1, 0.15) is 49.0 Å². The second-order valence-electron chi connectivity index (χ2n) is 6.84. The molecule has 122 valence electrons. The van der Waals surface area contributed by atoms with E-state index in [9.17, 15) is 9.59 Å². The van der Waals surface area contributed by atoms with Gasteiger partial charge in [-0.05, 0) is 55.2 Å². The van der Waals surface area contributed by atoms with Crippen molar-refractivity contribution in [3.8, 4) is 5.75 Å². The van der Waals surface area contributed by atoms with Crippen LogP contribution >= 0.6 is 0 Å². The number of benzene rings is 1. The number of carbonyl (C=O) groups excluding carboxylic acids is 2. The molecule has 1 fully saturated rings. The minimum absolute atomic E-state index is 0.0489. The second-order valence-corrected chi connectivity index (χ2v) is 6.84. The highest BCUT2D eigenvalue weighted by atomic mass is 16.5. The van der Waals surface area contributed by atoms with Crippen LogP contribution in [-0.2, 0) is 14.9 Å². The monoisotopic (exact) mass is 314 g/mol. The lowest BCUT2D eigenvalue weighted by Crippen LogP contribution is -2.46. The van der Waals surface area contributed by atoms with Crippen molar-refractivity contribution in [3.63, 3.8) is 0 Å². The number of esters is 1. The zero-order chi connectivity index (χ0) is 16.8. The summed E-state index contributed by atoms with van der Waals surface area (Å²) in [5.74, 6) is 0.408. The minimum Gasteiger partial charge on any atom is -0.497 e. The summed E-state index contributed by atoms with van der Waals surface area (Å²) >= 11 is 0. The molecule has 4 nitrogen and oxygen atoms in total. The third-order valence-corrected chi connectivity index (χ3v) is 5.54. The van der Waals surface area contributed by atoms with Crippen molar-refractivity contribution in [2.45, 2.75) is 38.5 Å². The zero-order valence-electron chi connectivity index (χ0n) is 14.1. The number of ketones is 1. The van der Waals surface area contributed by atoms with E-state index in [1.807, 2.05) is 19.1 Å². The van der Waals surface area contributed by atoms with Gasteiger partial charge in [-0.25, -0.2) is 0 Å². The summed E-state index contributed by atoms with van der Waals surface area (Å²) in [5.41, 5.74) is 1.42. The first-order chi connectivity index (χ1) is 10.9. The Kier molecular flexibility index (Phi) is 3.58. The Morgan fingerprint density at radius 3 is 2.57 bits per heavy atom. The van der Waals surface area contributed by atoms with Gasteiger partial charge in [-0.15, -0.1) is 0 Å². The molecule has 0 unspecified atom stereocenters. The standard InChI is InChI=1S/C19H22O4/c1-18-8-5-9-19(2,17(21)23-4)16(18)11-15(20)13-7-6-12(22-3)10-14(13)18/h6-7,10-11H,5,8-9H2,1-4H3/t18-,19+/m1/s1. The topological polar surface area (TPSA) is 52.6 Å². The van der Waals surface area contributed by atoms with Gasteiger partial charge in [0.15, 0.2) is 5.78 Å². The van der Waals surface area contributed by atoms with Crippen molar-refractivity contribution in [1.29, 1.82) is 0 Å². The van der Waals surface area contributed by atoms with Crippen LogP contribution in [0.4, 0.5) is 0 Å². The Labute approximate surface area is 136 Å². The van der Waals surface area contributed by atoms with Gasteiger partial charge >= 0.3 is 5.97 Å². The normalized spacial score (nSPS) is 29.2. The molecule has 0 heterocycles. The van der Waals surface area contributed by atoms with Crippen molar-refractivity contribution in [1.82, 2.24) is 0 Å². The van der Waals surface area contributed by atoms with Crippen molar-refractivity contribution in [2.24, 2.45) is 5.41 Å². The molecule has 0 radical (unpaired) electrons. The molecule has 2 aliphatic carbocycles. The maximum atomic E-state index is 12.6. The lowest BCUT2D eigenvalue weighted by molar-refractivity contribution is -0.151. The van der Waals surface area contributed by atoms with Gasteiger partial charge in [-0.1, -0.05) is 13.3 Å². The van der Waals surface area contributed by atoms with Gasteiger partial charge in [0.1, 0.15) is 5.75 Å². The summed E-state index contributed by atoms with van der Waals surface area (Å²) in [6.45, 7) is 4.00.